The van der Waals surface area contributed by atoms with E-state index in [0.29, 0.717) is 5.82 Å². The van der Waals surface area contributed by atoms with Crippen LogP contribution in [0.5, 0.6) is 0 Å². The monoisotopic (exact) mass is 325 g/mol. The van der Waals surface area contributed by atoms with E-state index in [4.69, 9.17) is 9.97 Å². The van der Waals surface area contributed by atoms with Crippen LogP contribution in [0, 0.1) is 0 Å². The minimum Gasteiger partial charge on any atom is -0.260 e. The summed E-state index contributed by atoms with van der Waals surface area (Å²) in [6.45, 7) is 0. The van der Waals surface area contributed by atoms with E-state index < -0.39 is 0 Å². The Morgan fingerprint density at radius 1 is 0.920 bits per heavy atom. The minimum atomic E-state index is 0.713. The average Bonchev–Trinajstić information content (AvgIpc) is 3.30. The molecule has 0 atom stereocenters. The number of para-hydroxylation sites is 1. The molecule has 2 aromatic heterocycles. The highest BCUT2D eigenvalue weighted by molar-refractivity contribution is 5.79. The molecule has 4 aromatic rings. The van der Waals surface area contributed by atoms with Gasteiger partial charge in [-0.2, -0.15) is 9.89 Å². The SMILES string of the molecule is C1=Cc2nc(-c3ccccc3)nc(Nn3ncc4ccccc43)c2C1. The van der Waals surface area contributed by atoms with Gasteiger partial charge in [0.25, 0.3) is 0 Å². The number of aromatic nitrogens is 4. The molecular weight excluding hydrogens is 310 g/mol. The summed E-state index contributed by atoms with van der Waals surface area (Å²) in [6, 6.07) is 18.1. The second-order valence-electron chi connectivity index (χ2n) is 5.96. The van der Waals surface area contributed by atoms with Crippen LogP contribution < -0.4 is 5.43 Å². The van der Waals surface area contributed by atoms with Crippen LogP contribution in [-0.2, 0) is 6.42 Å². The Kier molecular flexibility index (Phi) is 3.10. The molecule has 0 radical (unpaired) electrons. The number of hydrogen-bond donors (Lipinski definition) is 1. The Morgan fingerprint density at radius 2 is 1.76 bits per heavy atom. The maximum Gasteiger partial charge on any atom is 0.162 e. The first kappa shape index (κ1) is 13.9. The van der Waals surface area contributed by atoms with Gasteiger partial charge in [0.2, 0.25) is 0 Å². The van der Waals surface area contributed by atoms with Crippen LogP contribution in [0.4, 0.5) is 5.82 Å². The summed E-state index contributed by atoms with van der Waals surface area (Å²) in [5, 5.41) is 5.53. The molecule has 2 heterocycles. The lowest BCUT2D eigenvalue weighted by atomic mass is 10.2. The van der Waals surface area contributed by atoms with Crippen LogP contribution in [0.3, 0.4) is 0 Å². The van der Waals surface area contributed by atoms with Gasteiger partial charge in [-0.15, -0.1) is 0 Å². The van der Waals surface area contributed by atoms with E-state index in [0.717, 1.165) is 40.0 Å². The Balaban J connectivity index is 1.62. The first-order valence-electron chi connectivity index (χ1n) is 8.21. The summed E-state index contributed by atoms with van der Waals surface area (Å²) >= 11 is 0. The summed E-state index contributed by atoms with van der Waals surface area (Å²) in [4.78, 5) is 11.3. The molecule has 2 aromatic carbocycles. The van der Waals surface area contributed by atoms with Gasteiger partial charge in [0.15, 0.2) is 11.6 Å². The molecule has 5 rings (SSSR count). The molecule has 0 amide bonds. The van der Waals surface area contributed by atoms with Crippen molar-refractivity contribution in [1.29, 1.82) is 0 Å². The molecule has 0 saturated carbocycles. The van der Waals surface area contributed by atoms with E-state index in [2.05, 4.69) is 22.7 Å². The fourth-order valence-corrected chi connectivity index (χ4v) is 3.10. The van der Waals surface area contributed by atoms with E-state index in [9.17, 15) is 0 Å². The zero-order chi connectivity index (χ0) is 16.6. The first-order valence-corrected chi connectivity index (χ1v) is 8.21. The van der Waals surface area contributed by atoms with Crippen molar-refractivity contribution in [3.63, 3.8) is 0 Å². The summed E-state index contributed by atoms with van der Waals surface area (Å²) in [6.07, 6.45) is 6.84. The lowest BCUT2D eigenvalue weighted by Crippen LogP contribution is -2.14. The van der Waals surface area contributed by atoms with Crippen molar-refractivity contribution in [3.05, 3.63) is 78.1 Å². The Labute approximate surface area is 144 Å². The molecule has 0 saturated heterocycles. The summed E-state index contributed by atoms with van der Waals surface area (Å²) in [7, 11) is 0. The van der Waals surface area contributed by atoms with Gasteiger partial charge >= 0.3 is 0 Å². The minimum absolute atomic E-state index is 0.713. The molecule has 0 unspecified atom stereocenters. The smallest absolute Gasteiger partial charge is 0.162 e. The summed E-state index contributed by atoms with van der Waals surface area (Å²) in [5.74, 6) is 1.51. The van der Waals surface area contributed by atoms with Crippen molar-refractivity contribution in [1.82, 2.24) is 19.9 Å². The first-order chi connectivity index (χ1) is 12.4. The van der Waals surface area contributed by atoms with Gasteiger partial charge < -0.3 is 0 Å². The van der Waals surface area contributed by atoms with Crippen molar-refractivity contribution >= 4 is 22.8 Å². The molecule has 0 fully saturated rings. The molecular formula is C20H15N5. The number of nitrogens with zero attached hydrogens (tertiary/aromatic N) is 4. The van der Waals surface area contributed by atoms with Gasteiger partial charge in [0.1, 0.15) is 0 Å². The number of fused-ring (bicyclic) bond motifs is 2. The van der Waals surface area contributed by atoms with Crippen LogP contribution in [0.1, 0.15) is 11.3 Å². The van der Waals surface area contributed by atoms with Crippen LogP contribution in [-0.4, -0.2) is 19.9 Å². The number of benzene rings is 2. The molecule has 0 spiro atoms. The largest absolute Gasteiger partial charge is 0.260 e. The number of anilines is 1. The predicted octanol–water partition coefficient (Wildman–Crippen LogP) is 3.94. The third-order valence-electron chi connectivity index (χ3n) is 4.36. The number of rotatable bonds is 3. The fourth-order valence-electron chi connectivity index (χ4n) is 3.10. The topological polar surface area (TPSA) is 55.6 Å². The Hall–Kier alpha value is -3.47. The van der Waals surface area contributed by atoms with Crippen molar-refractivity contribution in [2.45, 2.75) is 6.42 Å². The molecule has 1 N–H and O–H groups in total. The second-order valence-corrected chi connectivity index (χ2v) is 5.96. The van der Waals surface area contributed by atoms with Gasteiger partial charge in [-0.1, -0.05) is 54.6 Å². The number of allylic oxidation sites excluding steroid dienone is 1. The normalized spacial score (nSPS) is 12.5. The standard InChI is InChI=1S/C20H15N5/c1-2-7-14(8-3-1)19-22-17-11-6-10-16(17)20(23-19)24-25-18-12-5-4-9-15(18)13-21-25/h1-9,11-13H,10H2,(H,22,23,24). The lowest BCUT2D eigenvalue weighted by Gasteiger charge is -2.13. The molecule has 1 aliphatic rings. The Bertz CT molecular complexity index is 1100. The molecule has 5 heteroatoms. The van der Waals surface area contributed by atoms with E-state index in [1.165, 1.54) is 0 Å². The summed E-state index contributed by atoms with van der Waals surface area (Å²) in [5.41, 5.74) is 7.43. The highest BCUT2D eigenvalue weighted by atomic mass is 15.6. The second kappa shape index (κ2) is 5.56. The lowest BCUT2D eigenvalue weighted by molar-refractivity contribution is 0.819. The van der Waals surface area contributed by atoms with Crippen LogP contribution in [0.15, 0.2) is 66.9 Å². The molecule has 0 bridgehead atoms. The number of hydrogen-bond acceptors (Lipinski definition) is 4. The van der Waals surface area contributed by atoms with Crippen LogP contribution in [0.25, 0.3) is 28.4 Å². The number of nitrogens with one attached hydrogen (secondary N) is 1. The zero-order valence-electron chi connectivity index (χ0n) is 13.4. The maximum atomic E-state index is 4.77. The van der Waals surface area contributed by atoms with Crippen molar-refractivity contribution in [3.8, 4) is 11.4 Å². The van der Waals surface area contributed by atoms with Gasteiger partial charge in [-0.3, -0.25) is 5.43 Å². The molecule has 120 valence electrons. The maximum absolute atomic E-state index is 4.77. The van der Waals surface area contributed by atoms with Crippen LogP contribution >= 0.6 is 0 Å². The fraction of sp³-hybridized carbons (Fsp3) is 0.0500. The summed E-state index contributed by atoms with van der Waals surface area (Å²) < 4.78 is 0. The van der Waals surface area contributed by atoms with E-state index in [-0.39, 0.29) is 0 Å². The molecule has 1 aliphatic carbocycles. The van der Waals surface area contributed by atoms with Crippen molar-refractivity contribution < 1.29 is 0 Å². The molecule has 0 aliphatic heterocycles. The third kappa shape index (κ3) is 2.37. The van der Waals surface area contributed by atoms with E-state index in [1.807, 2.05) is 60.8 Å². The van der Waals surface area contributed by atoms with Gasteiger partial charge in [0, 0.05) is 16.5 Å². The van der Waals surface area contributed by atoms with E-state index >= 15 is 0 Å². The third-order valence-corrected chi connectivity index (χ3v) is 4.36. The van der Waals surface area contributed by atoms with Gasteiger partial charge in [0.05, 0.1) is 17.4 Å². The van der Waals surface area contributed by atoms with Crippen LogP contribution in [0.2, 0.25) is 0 Å². The van der Waals surface area contributed by atoms with Crippen molar-refractivity contribution in [2.75, 3.05) is 5.43 Å². The molecule has 5 nitrogen and oxygen atoms in total. The molecule has 25 heavy (non-hydrogen) atoms. The van der Waals surface area contributed by atoms with E-state index in [1.54, 1.807) is 4.79 Å². The Morgan fingerprint density at radius 3 is 2.68 bits per heavy atom. The van der Waals surface area contributed by atoms with Gasteiger partial charge in [-0.25, -0.2) is 9.97 Å². The average molecular weight is 325 g/mol. The quantitative estimate of drug-likeness (QED) is 0.620. The highest BCUT2D eigenvalue weighted by Crippen LogP contribution is 2.28. The van der Waals surface area contributed by atoms with Crippen molar-refractivity contribution in [2.24, 2.45) is 0 Å². The van der Waals surface area contributed by atoms with Gasteiger partial charge in [-0.05, 0) is 18.6 Å². The highest BCUT2D eigenvalue weighted by Gasteiger charge is 2.17. The zero-order valence-corrected chi connectivity index (χ0v) is 13.4. The predicted molar refractivity (Wildman–Crippen MR) is 99.0 cm³/mol.